The van der Waals surface area contributed by atoms with Crippen LogP contribution in [-0.2, 0) is 13.0 Å². The highest BCUT2D eigenvalue weighted by Crippen LogP contribution is 2.33. The highest BCUT2D eigenvalue weighted by molar-refractivity contribution is 7.17. The first-order chi connectivity index (χ1) is 13.2. The van der Waals surface area contributed by atoms with E-state index in [9.17, 15) is 4.79 Å². The van der Waals surface area contributed by atoms with Crippen molar-refractivity contribution in [2.75, 3.05) is 4.90 Å². The number of anilines is 1. The lowest BCUT2D eigenvalue weighted by Crippen LogP contribution is -2.37. The van der Waals surface area contributed by atoms with Gasteiger partial charge in [0, 0.05) is 22.7 Å². The molecular formula is C21H19N3O2S. The molecule has 1 aromatic carbocycles. The zero-order chi connectivity index (χ0) is 18.4. The first kappa shape index (κ1) is 16.3. The number of benzene rings is 1. The van der Waals surface area contributed by atoms with Crippen LogP contribution in [0.4, 0.5) is 5.69 Å². The van der Waals surface area contributed by atoms with Gasteiger partial charge in [0.25, 0.3) is 5.56 Å². The van der Waals surface area contributed by atoms with Gasteiger partial charge < -0.3 is 14.3 Å². The number of rotatable bonds is 3. The Hall–Kier alpha value is -2.86. The Bertz CT molecular complexity index is 1160. The zero-order valence-corrected chi connectivity index (χ0v) is 15.8. The van der Waals surface area contributed by atoms with Crippen molar-refractivity contribution in [1.82, 2.24) is 9.97 Å². The van der Waals surface area contributed by atoms with E-state index in [1.54, 1.807) is 6.26 Å². The van der Waals surface area contributed by atoms with E-state index in [4.69, 9.17) is 9.40 Å². The maximum atomic E-state index is 12.8. The lowest BCUT2D eigenvalue weighted by Gasteiger charge is -2.36. The molecule has 4 heterocycles. The molecule has 3 aromatic heterocycles. The number of nitrogens with zero attached hydrogens (tertiary/aromatic N) is 2. The summed E-state index contributed by atoms with van der Waals surface area (Å²) in [7, 11) is 0. The number of furan rings is 1. The highest BCUT2D eigenvalue weighted by atomic mass is 32.1. The van der Waals surface area contributed by atoms with E-state index in [1.165, 1.54) is 22.6 Å². The summed E-state index contributed by atoms with van der Waals surface area (Å²) in [6.07, 6.45) is 3.81. The predicted octanol–water partition coefficient (Wildman–Crippen LogP) is 4.59. The van der Waals surface area contributed by atoms with Crippen LogP contribution in [0.1, 0.15) is 24.7 Å². The maximum absolute atomic E-state index is 12.8. The summed E-state index contributed by atoms with van der Waals surface area (Å²) in [6.45, 7) is 2.82. The molecule has 0 amide bonds. The maximum Gasteiger partial charge on any atom is 0.260 e. The molecule has 4 aromatic rings. The van der Waals surface area contributed by atoms with Crippen molar-refractivity contribution in [3.8, 4) is 11.3 Å². The van der Waals surface area contributed by atoms with E-state index in [1.807, 2.05) is 17.5 Å². The molecule has 1 aliphatic rings. The molecule has 6 heteroatoms. The van der Waals surface area contributed by atoms with Crippen LogP contribution < -0.4 is 10.5 Å². The molecule has 136 valence electrons. The van der Waals surface area contributed by atoms with Crippen LogP contribution in [0.2, 0.25) is 0 Å². The van der Waals surface area contributed by atoms with E-state index < -0.39 is 0 Å². The SMILES string of the molecule is C[C@H]1CCc2ccccc2N1Cc1nc2scc(-c3ccco3)c2c(=O)[nH]1. The molecule has 1 aliphatic heterocycles. The van der Waals surface area contributed by atoms with E-state index in [-0.39, 0.29) is 5.56 Å². The normalized spacial score (nSPS) is 16.6. The van der Waals surface area contributed by atoms with Gasteiger partial charge in [-0.25, -0.2) is 4.98 Å². The van der Waals surface area contributed by atoms with Gasteiger partial charge >= 0.3 is 0 Å². The quantitative estimate of drug-likeness (QED) is 0.567. The van der Waals surface area contributed by atoms with Gasteiger partial charge in [0.2, 0.25) is 0 Å². The summed E-state index contributed by atoms with van der Waals surface area (Å²) in [5.74, 6) is 1.39. The monoisotopic (exact) mass is 377 g/mol. The molecular weight excluding hydrogens is 358 g/mol. The number of aryl methyl sites for hydroxylation is 1. The summed E-state index contributed by atoms with van der Waals surface area (Å²) >= 11 is 1.48. The lowest BCUT2D eigenvalue weighted by atomic mass is 9.96. The topological polar surface area (TPSA) is 62.1 Å². The Morgan fingerprint density at radius 1 is 1.30 bits per heavy atom. The zero-order valence-electron chi connectivity index (χ0n) is 14.9. The fourth-order valence-corrected chi connectivity index (χ4v) is 4.79. The number of hydrogen-bond acceptors (Lipinski definition) is 5. The minimum Gasteiger partial charge on any atom is -0.464 e. The van der Waals surface area contributed by atoms with Gasteiger partial charge in [-0.1, -0.05) is 18.2 Å². The van der Waals surface area contributed by atoms with Crippen LogP contribution in [0.15, 0.2) is 57.3 Å². The Morgan fingerprint density at radius 2 is 2.19 bits per heavy atom. The third-order valence-electron chi connectivity index (χ3n) is 5.26. The first-order valence-electron chi connectivity index (χ1n) is 9.09. The number of H-pyrrole nitrogens is 1. The van der Waals surface area contributed by atoms with Crippen LogP contribution in [0.25, 0.3) is 21.5 Å². The Labute approximate surface area is 160 Å². The van der Waals surface area contributed by atoms with Crippen molar-refractivity contribution in [2.45, 2.75) is 32.4 Å². The molecule has 5 nitrogen and oxygen atoms in total. The molecule has 0 bridgehead atoms. The smallest absolute Gasteiger partial charge is 0.260 e. The molecule has 0 saturated heterocycles. The fourth-order valence-electron chi connectivity index (χ4n) is 3.84. The van der Waals surface area contributed by atoms with E-state index >= 15 is 0 Å². The van der Waals surface area contributed by atoms with Crippen LogP contribution in [0.5, 0.6) is 0 Å². The second-order valence-electron chi connectivity index (χ2n) is 6.96. The average molecular weight is 377 g/mol. The molecule has 1 atom stereocenters. The predicted molar refractivity (Wildman–Crippen MR) is 108 cm³/mol. The van der Waals surface area contributed by atoms with Gasteiger partial charge in [-0.15, -0.1) is 11.3 Å². The average Bonchev–Trinajstić information content (AvgIpc) is 3.33. The summed E-state index contributed by atoms with van der Waals surface area (Å²) in [5, 5.41) is 2.54. The Kier molecular flexibility index (Phi) is 3.86. The van der Waals surface area contributed by atoms with Crippen molar-refractivity contribution in [2.24, 2.45) is 0 Å². The number of nitrogens with one attached hydrogen (secondary N) is 1. The molecule has 27 heavy (non-hydrogen) atoms. The van der Waals surface area contributed by atoms with Crippen LogP contribution in [-0.4, -0.2) is 16.0 Å². The molecule has 0 fully saturated rings. The molecule has 0 saturated carbocycles. The van der Waals surface area contributed by atoms with Crippen molar-refractivity contribution in [3.63, 3.8) is 0 Å². The highest BCUT2D eigenvalue weighted by Gasteiger charge is 2.24. The van der Waals surface area contributed by atoms with E-state index in [2.05, 4.69) is 41.1 Å². The summed E-state index contributed by atoms with van der Waals surface area (Å²) < 4.78 is 5.46. The third kappa shape index (κ3) is 2.77. The molecule has 5 rings (SSSR count). The Morgan fingerprint density at radius 3 is 3.04 bits per heavy atom. The number of hydrogen-bond donors (Lipinski definition) is 1. The van der Waals surface area contributed by atoms with Gasteiger partial charge in [0.1, 0.15) is 16.4 Å². The minimum atomic E-state index is -0.111. The van der Waals surface area contributed by atoms with Crippen LogP contribution >= 0.6 is 11.3 Å². The van der Waals surface area contributed by atoms with E-state index in [0.29, 0.717) is 29.6 Å². The number of aromatic nitrogens is 2. The third-order valence-corrected chi connectivity index (χ3v) is 6.14. The summed E-state index contributed by atoms with van der Waals surface area (Å²) in [6, 6.07) is 12.6. The number of para-hydroxylation sites is 1. The van der Waals surface area contributed by atoms with Gasteiger partial charge in [-0.05, 0) is 43.5 Å². The van der Waals surface area contributed by atoms with Gasteiger partial charge in [0.05, 0.1) is 18.2 Å². The standard InChI is InChI=1S/C21H19N3O2S/c1-13-8-9-14-5-2-3-6-16(14)24(13)11-18-22-20(25)19-15(12-27-21(19)23-18)17-7-4-10-26-17/h2-7,10,12-13H,8-9,11H2,1H3,(H,22,23,25)/t13-/m0/s1. The number of fused-ring (bicyclic) bond motifs is 2. The Balaban J connectivity index is 1.54. The van der Waals surface area contributed by atoms with Crippen LogP contribution in [0.3, 0.4) is 0 Å². The largest absolute Gasteiger partial charge is 0.464 e. The van der Waals surface area contributed by atoms with Crippen molar-refractivity contribution >= 4 is 27.2 Å². The molecule has 0 aliphatic carbocycles. The summed E-state index contributed by atoms with van der Waals surface area (Å²) in [5.41, 5.74) is 3.29. The fraction of sp³-hybridized carbons (Fsp3) is 0.238. The number of aromatic amines is 1. The second kappa shape index (κ2) is 6.39. The van der Waals surface area contributed by atoms with E-state index in [0.717, 1.165) is 23.2 Å². The van der Waals surface area contributed by atoms with Crippen LogP contribution in [0, 0.1) is 0 Å². The molecule has 0 radical (unpaired) electrons. The molecule has 0 spiro atoms. The van der Waals surface area contributed by atoms with Crippen molar-refractivity contribution in [3.05, 3.63) is 69.8 Å². The molecule has 0 unspecified atom stereocenters. The van der Waals surface area contributed by atoms with Crippen molar-refractivity contribution in [1.29, 1.82) is 0 Å². The van der Waals surface area contributed by atoms with Gasteiger partial charge in [-0.2, -0.15) is 0 Å². The summed E-state index contributed by atoms with van der Waals surface area (Å²) in [4.78, 5) is 23.6. The van der Waals surface area contributed by atoms with Gasteiger partial charge in [0.15, 0.2) is 0 Å². The second-order valence-corrected chi connectivity index (χ2v) is 7.82. The lowest BCUT2D eigenvalue weighted by molar-refractivity contribution is 0.552. The number of thiophene rings is 1. The minimum absolute atomic E-state index is 0.111. The van der Waals surface area contributed by atoms with Gasteiger partial charge in [-0.3, -0.25) is 4.79 Å². The molecule has 1 N–H and O–H groups in total. The van der Waals surface area contributed by atoms with Crippen molar-refractivity contribution < 1.29 is 4.42 Å². The first-order valence-corrected chi connectivity index (χ1v) is 9.97.